The Labute approximate surface area is 154 Å². The SMILES string of the molecule is CC(C)Oc1cccc(C(=O)Nc2ccc(OCC3CCCO3)cc2)c1. The van der Waals surface area contributed by atoms with E-state index in [0.717, 1.165) is 30.9 Å². The quantitative estimate of drug-likeness (QED) is 0.805. The second kappa shape index (κ2) is 8.72. The van der Waals surface area contributed by atoms with Crippen molar-refractivity contribution in [3.63, 3.8) is 0 Å². The molecule has 0 aliphatic carbocycles. The highest BCUT2D eigenvalue weighted by Gasteiger charge is 2.16. The van der Waals surface area contributed by atoms with Crippen LogP contribution in [0, 0.1) is 0 Å². The molecule has 1 aliphatic heterocycles. The third kappa shape index (κ3) is 5.23. The average Bonchev–Trinajstić information content (AvgIpc) is 3.14. The van der Waals surface area contributed by atoms with Crippen molar-refractivity contribution in [3.05, 3.63) is 54.1 Å². The summed E-state index contributed by atoms with van der Waals surface area (Å²) in [6.07, 6.45) is 2.40. The average molecular weight is 355 g/mol. The van der Waals surface area contributed by atoms with E-state index in [1.807, 2.05) is 50.2 Å². The van der Waals surface area contributed by atoms with Crippen LogP contribution in [0.15, 0.2) is 48.5 Å². The monoisotopic (exact) mass is 355 g/mol. The van der Waals surface area contributed by atoms with Crippen LogP contribution >= 0.6 is 0 Å². The molecule has 5 nitrogen and oxygen atoms in total. The Bertz CT molecular complexity index is 721. The van der Waals surface area contributed by atoms with Gasteiger partial charge < -0.3 is 19.5 Å². The summed E-state index contributed by atoms with van der Waals surface area (Å²) < 4.78 is 16.9. The predicted octanol–water partition coefficient (Wildman–Crippen LogP) is 4.28. The molecule has 2 aromatic rings. The molecule has 138 valence electrons. The van der Waals surface area contributed by atoms with E-state index in [-0.39, 0.29) is 18.1 Å². The van der Waals surface area contributed by atoms with Crippen LogP contribution in [0.1, 0.15) is 37.0 Å². The summed E-state index contributed by atoms with van der Waals surface area (Å²) in [4.78, 5) is 12.4. The first kappa shape index (κ1) is 18.3. The molecule has 3 rings (SSSR count). The largest absolute Gasteiger partial charge is 0.491 e. The Hall–Kier alpha value is -2.53. The Morgan fingerprint density at radius 3 is 2.69 bits per heavy atom. The van der Waals surface area contributed by atoms with Crippen LogP contribution in [0.3, 0.4) is 0 Å². The van der Waals surface area contributed by atoms with Gasteiger partial charge in [0.15, 0.2) is 0 Å². The summed E-state index contributed by atoms with van der Waals surface area (Å²) in [5.41, 5.74) is 1.27. The second-order valence-electron chi connectivity index (χ2n) is 6.62. The van der Waals surface area contributed by atoms with E-state index in [1.54, 1.807) is 12.1 Å². The molecular formula is C21H25NO4. The highest BCUT2D eigenvalue weighted by Crippen LogP contribution is 2.20. The zero-order valence-corrected chi connectivity index (χ0v) is 15.2. The van der Waals surface area contributed by atoms with Crippen LogP contribution in [-0.4, -0.2) is 31.3 Å². The lowest BCUT2D eigenvalue weighted by atomic mass is 10.2. The van der Waals surface area contributed by atoms with Crippen LogP contribution < -0.4 is 14.8 Å². The van der Waals surface area contributed by atoms with Gasteiger partial charge in [-0.2, -0.15) is 0 Å². The van der Waals surface area contributed by atoms with Gasteiger partial charge in [0, 0.05) is 17.9 Å². The Balaban J connectivity index is 1.55. The lowest BCUT2D eigenvalue weighted by Crippen LogP contribution is -2.16. The van der Waals surface area contributed by atoms with Crippen molar-refractivity contribution in [1.29, 1.82) is 0 Å². The van der Waals surface area contributed by atoms with Crippen molar-refractivity contribution >= 4 is 11.6 Å². The molecule has 0 bridgehead atoms. The van der Waals surface area contributed by atoms with E-state index in [4.69, 9.17) is 14.2 Å². The summed E-state index contributed by atoms with van der Waals surface area (Å²) in [5.74, 6) is 1.28. The topological polar surface area (TPSA) is 56.8 Å². The van der Waals surface area contributed by atoms with E-state index in [1.165, 1.54) is 0 Å². The number of ether oxygens (including phenoxy) is 3. The zero-order chi connectivity index (χ0) is 18.4. The third-order valence-electron chi connectivity index (χ3n) is 4.04. The number of anilines is 1. The van der Waals surface area contributed by atoms with Crippen LogP contribution in [0.25, 0.3) is 0 Å². The van der Waals surface area contributed by atoms with Crippen molar-refractivity contribution in [2.75, 3.05) is 18.5 Å². The first-order chi connectivity index (χ1) is 12.6. The van der Waals surface area contributed by atoms with Crippen molar-refractivity contribution in [2.45, 2.75) is 38.9 Å². The van der Waals surface area contributed by atoms with E-state index in [2.05, 4.69) is 5.32 Å². The molecule has 1 heterocycles. The number of carbonyl (C=O) groups is 1. The molecule has 0 spiro atoms. The fourth-order valence-electron chi connectivity index (χ4n) is 2.79. The zero-order valence-electron chi connectivity index (χ0n) is 15.2. The molecule has 5 heteroatoms. The van der Waals surface area contributed by atoms with Crippen molar-refractivity contribution in [2.24, 2.45) is 0 Å². The highest BCUT2D eigenvalue weighted by atomic mass is 16.5. The molecule has 1 atom stereocenters. The van der Waals surface area contributed by atoms with E-state index in [0.29, 0.717) is 17.9 Å². The molecule has 0 radical (unpaired) electrons. The Kier molecular flexibility index (Phi) is 6.12. The number of carbonyl (C=O) groups excluding carboxylic acids is 1. The minimum Gasteiger partial charge on any atom is -0.491 e. The molecule has 1 saturated heterocycles. The molecule has 0 saturated carbocycles. The van der Waals surface area contributed by atoms with Crippen LogP contribution in [0.4, 0.5) is 5.69 Å². The number of hydrogen-bond acceptors (Lipinski definition) is 4. The lowest BCUT2D eigenvalue weighted by Gasteiger charge is -2.12. The van der Waals surface area contributed by atoms with Gasteiger partial charge in [0.2, 0.25) is 0 Å². The molecule has 1 aliphatic rings. The second-order valence-corrected chi connectivity index (χ2v) is 6.62. The number of hydrogen-bond donors (Lipinski definition) is 1. The maximum atomic E-state index is 12.4. The summed E-state index contributed by atoms with van der Waals surface area (Å²) in [6.45, 7) is 5.29. The van der Waals surface area contributed by atoms with E-state index >= 15 is 0 Å². The fourth-order valence-corrected chi connectivity index (χ4v) is 2.79. The van der Waals surface area contributed by atoms with Gasteiger partial charge in [-0.3, -0.25) is 4.79 Å². The number of benzene rings is 2. The molecule has 1 amide bonds. The lowest BCUT2D eigenvalue weighted by molar-refractivity contribution is 0.0679. The predicted molar refractivity (Wildman–Crippen MR) is 101 cm³/mol. The normalized spacial score (nSPS) is 16.5. The molecule has 1 unspecified atom stereocenters. The highest BCUT2D eigenvalue weighted by molar-refractivity contribution is 6.04. The van der Waals surface area contributed by atoms with Crippen LogP contribution in [-0.2, 0) is 4.74 Å². The van der Waals surface area contributed by atoms with E-state index in [9.17, 15) is 4.79 Å². The number of nitrogens with one attached hydrogen (secondary N) is 1. The summed E-state index contributed by atoms with van der Waals surface area (Å²) in [5, 5.41) is 2.89. The van der Waals surface area contributed by atoms with Gasteiger partial charge >= 0.3 is 0 Å². The van der Waals surface area contributed by atoms with Gasteiger partial charge in [-0.25, -0.2) is 0 Å². The van der Waals surface area contributed by atoms with Gasteiger partial charge in [0.25, 0.3) is 5.91 Å². The molecule has 26 heavy (non-hydrogen) atoms. The molecule has 1 N–H and O–H groups in total. The van der Waals surface area contributed by atoms with Gasteiger partial charge in [0.1, 0.15) is 18.1 Å². The van der Waals surface area contributed by atoms with Gasteiger partial charge in [-0.15, -0.1) is 0 Å². The maximum absolute atomic E-state index is 12.4. The van der Waals surface area contributed by atoms with E-state index < -0.39 is 0 Å². The van der Waals surface area contributed by atoms with Crippen molar-refractivity contribution in [1.82, 2.24) is 0 Å². The molecular weight excluding hydrogens is 330 g/mol. The van der Waals surface area contributed by atoms with Crippen molar-refractivity contribution in [3.8, 4) is 11.5 Å². The van der Waals surface area contributed by atoms with Gasteiger partial charge in [-0.1, -0.05) is 6.07 Å². The first-order valence-electron chi connectivity index (χ1n) is 9.03. The van der Waals surface area contributed by atoms with Crippen LogP contribution in [0.2, 0.25) is 0 Å². The number of rotatable bonds is 7. The first-order valence-corrected chi connectivity index (χ1v) is 9.03. The third-order valence-corrected chi connectivity index (χ3v) is 4.04. The summed E-state index contributed by atoms with van der Waals surface area (Å²) in [7, 11) is 0. The summed E-state index contributed by atoms with van der Waals surface area (Å²) >= 11 is 0. The van der Waals surface area contributed by atoms with Gasteiger partial charge in [-0.05, 0) is 69.2 Å². The minimum absolute atomic E-state index is 0.0653. The fraction of sp³-hybridized carbons (Fsp3) is 0.381. The molecule has 2 aromatic carbocycles. The minimum atomic E-state index is -0.174. The van der Waals surface area contributed by atoms with Crippen LogP contribution in [0.5, 0.6) is 11.5 Å². The molecule has 0 aromatic heterocycles. The summed E-state index contributed by atoms with van der Waals surface area (Å²) in [6, 6.07) is 14.5. The standard InChI is InChI=1S/C21H25NO4/c1-15(2)26-19-6-3-5-16(13-19)21(23)22-17-8-10-18(11-9-17)25-14-20-7-4-12-24-20/h3,5-6,8-11,13,15,20H,4,7,12,14H2,1-2H3,(H,22,23). The Morgan fingerprint density at radius 1 is 1.19 bits per heavy atom. The van der Waals surface area contributed by atoms with Gasteiger partial charge in [0.05, 0.1) is 12.2 Å². The Morgan fingerprint density at radius 2 is 2.00 bits per heavy atom. The number of amides is 1. The smallest absolute Gasteiger partial charge is 0.255 e. The maximum Gasteiger partial charge on any atom is 0.255 e. The molecule has 1 fully saturated rings. The van der Waals surface area contributed by atoms with Crippen molar-refractivity contribution < 1.29 is 19.0 Å².